The van der Waals surface area contributed by atoms with Gasteiger partial charge in [-0.25, -0.2) is 8.42 Å². The molecule has 0 aliphatic carbocycles. The number of nitrogens with one attached hydrogen (secondary N) is 1. The van der Waals surface area contributed by atoms with E-state index >= 15 is 0 Å². The highest BCUT2D eigenvalue weighted by Crippen LogP contribution is 2.31. The van der Waals surface area contributed by atoms with Crippen LogP contribution in [0.25, 0.3) is 0 Å². The van der Waals surface area contributed by atoms with Gasteiger partial charge in [0.05, 0.1) is 17.0 Å². The first-order valence-electron chi connectivity index (χ1n) is 11.5. The first kappa shape index (κ1) is 28.9. The Morgan fingerprint density at radius 2 is 1.74 bits per heavy atom. The van der Waals surface area contributed by atoms with E-state index in [9.17, 15) is 18.0 Å². The number of carbonyl (C=O) groups excluding carboxylic acids is 2. The highest BCUT2D eigenvalue weighted by Gasteiger charge is 2.32. The van der Waals surface area contributed by atoms with Crippen molar-refractivity contribution in [3.8, 4) is 0 Å². The molecule has 1 N–H and O–H groups in total. The highest BCUT2D eigenvalue weighted by atomic mass is 35.5. The molecule has 0 aliphatic heterocycles. The van der Waals surface area contributed by atoms with Gasteiger partial charge in [0.25, 0.3) is 0 Å². The first-order valence-corrected chi connectivity index (χ1v) is 14.1. The number of carbonyl (C=O) groups is 2. The van der Waals surface area contributed by atoms with Crippen molar-refractivity contribution < 1.29 is 18.0 Å². The molecule has 0 heterocycles. The van der Waals surface area contributed by atoms with Crippen LogP contribution in [0.5, 0.6) is 0 Å². The molecule has 0 saturated carbocycles. The Kier molecular flexibility index (Phi) is 10.4. The predicted octanol–water partition coefficient (Wildman–Crippen LogP) is 4.79. The van der Waals surface area contributed by atoms with Crippen LogP contribution in [0.3, 0.4) is 0 Å². The Morgan fingerprint density at radius 1 is 1.06 bits per heavy atom. The number of hydrogen-bond acceptors (Lipinski definition) is 4. The van der Waals surface area contributed by atoms with Crippen molar-refractivity contribution in [2.75, 3.05) is 17.1 Å². The molecule has 7 nitrogen and oxygen atoms in total. The summed E-state index contributed by atoms with van der Waals surface area (Å²) in [6.45, 7) is 7.23. The maximum Gasteiger partial charge on any atom is 0.244 e. The Morgan fingerprint density at radius 3 is 2.31 bits per heavy atom. The second-order valence-corrected chi connectivity index (χ2v) is 11.4. The molecule has 2 atom stereocenters. The average molecular weight is 543 g/mol. The van der Waals surface area contributed by atoms with Crippen molar-refractivity contribution in [3.05, 3.63) is 63.6 Å². The van der Waals surface area contributed by atoms with Gasteiger partial charge < -0.3 is 10.2 Å². The summed E-state index contributed by atoms with van der Waals surface area (Å²) < 4.78 is 26.3. The molecule has 0 unspecified atom stereocenters. The smallest absolute Gasteiger partial charge is 0.244 e. The largest absolute Gasteiger partial charge is 0.352 e. The third kappa shape index (κ3) is 8.12. The number of amides is 2. The van der Waals surface area contributed by atoms with Crippen molar-refractivity contribution in [1.82, 2.24) is 10.2 Å². The normalized spacial score (nSPS) is 13.1. The molecule has 35 heavy (non-hydrogen) atoms. The van der Waals surface area contributed by atoms with E-state index < -0.39 is 28.5 Å². The van der Waals surface area contributed by atoms with E-state index in [4.69, 9.17) is 23.2 Å². The average Bonchev–Trinajstić information content (AvgIpc) is 2.78. The van der Waals surface area contributed by atoms with Gasteiger partial charge in [0.2, 0.25) is 21.8 Å². The molecule has 0 aromatic heterocycles. The molecule has 0 fully saturated rings. The molecule has 0 saturated heterocycles. The van der Waals surface area contributed by atoms with Crippen molar-refractivity contribution in [1.29, 1.82) is 0 Å². The lowest BCUT2D eigenvalue weighted by molar-refractivity contribution is -0.140. The minimum absolute atomic E-state index is 0.0646. The van der Waals surface area contributed by atoms with Gasteiger partial charge in [-0.1, -0.05) is 66.9 Å². The summed E-state index contributed by atoms with van der Waals surface area (Å²) in [5.41, 5.74) is 1.94. The van der Waals surface area contributed by atoms with Crippen molar-refractivity contribution >= 4 is 50.7 Å². The standard InChI is InChI=1S/C25H33Cl2N3O4S/c1-6-18(4)28-25(32)22(7-2)29(15-19-10-8-9-17(3)13-19)24(31)16-30(35(5,33)34)23-14-20(26)11-12-21(23)27/h8-14,18,22H,6-7,15-16H2,1-5H3,(H,28,32)/t18-,22-/m0/s1. The van der Waals surface area contributed by atoms with Crippen molar-refractivity contribution in [2.24, 2.45) is 0 Å². The Bertz CT molecular complexity index is 1160. The lowest BCUT2D eigenvalue weighted by atomic mass is 10.1. The molecule has 0 bridgehead atoms. The van der Waals surface area contributed by atoms with Crippen LogP contribution in [0, 0.1) is 6.92 Å². The van der Waals surface area contributed by atoms with Gasteiger partial charge >= 0.3 is 0 Å². The Balaban J connectivity index is 2.49. The topological polar surface area (TPSA) is 86.8 Å². The summed E-state index contributed by atoms with van der Waals surface area (Å²) in [6, 6.07) is 11.2. The molecular formula is C25H33Cl2N3O4S. The lowest BCUT2D eigenvalue weighted by Crippen LogP contribution is -2.53. The second kappa shape index (κ2) is 12.6. The molecular weight excluding hydrogens is 509 g/mol. The number of rotatable bonds is 11. The van der Waals surface area contributed by atoms with Gasteiger partial charge in [0.1, 0.15) is 12.6 Å². The molecule has 10 heteroatoms. The molecule has 0 aliphatic rings. The van der Waals surface area contributed by atoms with Crippen LogP contribution in [0.4, 0.5) is 5.69 Å². The summed E-state index contributed by atoms with van der Waals surface area (Å²) in [5, 5.41) is 3.36. The highest BCUT2D eigenvalue weighted by molar-refractivity contribution is 7.92. The molecule has 192 valence electrons. The minimum atomic E-state index is -3.90. The molecule has 2 amide bonds. The van der Waals surface area contributed by atoms with Crippen molar-refractivity contribution in [2.45, 2.75) is 59.2 Å². The van der Waals surface area contributed by atoms with E-state index in [-0.39, 0.29) is 34.2 Å². The second-order valence-electron chi connectivity index (χ2n) is 8.62. The van der Waals surface area contributed by atoms with Crippen molar-refractivity contribution in [3.63, 3.8) is 0 Å². The minimum Gasteiger partial charge on any atom is -0.352 e. The van der Waals surface area contributed by atoms with Gasteiger partial charge in [-0.15, -0.1) is 0 Å². The van der Waals surface area contributed by atoms with Crippen LogP contribution in [0.2, 0.25) is 10.0 Å². The number of hydrogen-bond donors (Lipinski definition) is 1. The molecule has 2 aromatic carbocycles. The molecule has 0 spiro atoms. The number of benzene rings is 2. The van der Waals surface area contributed by atoms with Crippen LogP contribution >= 0.6 is 23.2 Å². The molecule has 2 aromatic rings. The van der Waals surface area contributed by atoms with Gasteiger partial charge in [-0.05, 0) is 50.5 Å². The number of halogens is 2. The van der Waals surface area contributed by atoms with E-state index in [0.717, 1.165) is 28.1 Å². The van der Waals surface area contributed by atoms with Gasteiger partial charge in [-0.2, -0.15) is 0 Å². The quantitative estimate of drug-likeness (QED) is 0.443. The summed E-state index contributed by atoms with van der Waals surface area (Å²) in [6.07, 6.45) is 2.09. The van der Waals surface area contributed by atoms with E-state index in [1.165, 1.54) is 23.1 Å². The number of nitrogens with zero attached hydrogens (tertiary/aromatic N) is 2. The van der Waals surface area contributed by atoms with Crippen LogP contribution < -0.4 is 9.62 Å². The molecule has 0 radical (unpaired) electrons. The van der Waals surface area contributed by atoms with E-state index in [1.54, 1.807) is 0 Å². The SMILES string of the molecule is CC[C@H](C)NC(=O)[C@H](CC)N(Cc1cccc(C)c1)C(=O)CN(c1cc(Cl)ccc1Cl)S(C)(=O)=O. The zero-order valence-corrected chi connectivity index (χ0v) is 23.0. The third-order valence-electron chi connectivity index (χ3n) is 5.68. The van der Waals surface area contributed by atoms with Crippen LogP contribution in [0.15, 0.2) is 42.5 Å². The van der Waals surface area contributed by atoms with Crippen LogP contribution in [-0.2, 0) is 26.2 Å². The summed E-state index contributed by atoms with van der Waals surface area (Å²) in [5.74, 6) is -0.811. The summed E-state index contributed by atoms with van der Waals surface area (Å²) >= 11 is 12.3. The molecule has 2 rings (SSSR count). The monoisotopic (exact) mass is 541 g/mol. The number of sulfonamides is 1. The van der Waals surface area contributed by atoms with E-state index in [0.29, 0.717) is 6.42 Å². The van der Waals surface area contributed by atoms with E-state index in [2.05, 4.69) is 5.32 Å². The fourth-order valence-electron chi connectivity index (χ4n) is 3.64. The lowest BCUT2D eigenvalue weighted by Gasteiger charge is -2.33. The van der Waals surface area contributed by atoms with E-state index in [1.807, 2.05) is 52.0 Å². The maximum atomic E-state index is 13.7. The van der Waals surface area contributed by atoms with Gasteiger partial charge in [0.15, 0.2) is 0 Å². The predicted molar refractivity (Wildman–Crippen MR) is 142 cm³/mol. The number of aryl methyl sites for hydroxylation is 1. The summed E-state index contributed by atoms with van der Waals surface area (Å²) in [7, 11) is -3.90. The zero-order chi connectivity index (χ0) is 26.3. The Hall–Kier alpha value is -2.29. The zero-order valence-electron chi connectivity index (χ0n) is 20.7. The fourth-order valence-corrected chi connectivity index (χ4v) is 4.93. The van der Waals surface area contributed by atoms with Crippen LogP contribution in [-0.4, -0.2) is 50.0 Å². The summed E-state index contributed by atoms with van der Waals surface area (Å²) in [4.78, 5) is 28.2. The van der Waals surface area contributed by atoms with Gasteiger partial charge in [-0.3, -0.25) is 13.9 Å². The first-order chi connectivity index (χ1) is 16.4. The maximum absolute atomic E-state index is 13.7. The number of anilines is 1. The van der Waals surface area contributed by atoms with Crippen LogP contribution in [0.1, 0.15) is 44.7 Å². The van der Waals surface area contributed by atoms with Gasteiger partial charge in [0, 0.05) is 17.6 Å². The Labute approximate surface area is 218 Å². The third-order valence-corrected chi connectivity index (χ3v) is 7.36. The fraction of sp³-hybridized carbons (Fsp3) is 0.440.